The zero-order chi connectivity index (χ0) is 14.9. The van der Waals surface area contributed by atoms with Gasteiger partial charge in [0.25, 0.3) is 10.0 Å². The van der Waals surface area contributed by atoms with Crippen LogP contribution in [0.5, 0.6) is 0 Å². The molecule has 0 radical (unpaired) electrons. The fourth-order valence-electron chi connectivity index (χ4n) is 1.56. The summed E-state index contributed by atoms with van der Waals surface area (Å²) in [6, 6.07) is 7.98. The lowest BCUT2D eigenvalue weighted by Crippen LogP contribution is -2.13. The first-order valence-electron chi connectivity index (χ1n) is 5.53. The molecule has 0 aliphatic heterocycles. The number of aryl methyl sites for hydroxylation is 1. The van der Waals surface area contributed by atoms with Crippen LogP contribution in [0.3, 0.4) is 0 Å². The zero-order valence-electron chi connectivity index (χ0n) is 10.3. The molecular weight excluding hydrogens is 369 g/mol. The van der Waals surface area contributed by atoms with Gasteiger partial charge in [0.2, 0.25) is 0 Å². The van der Waals surface area contributed by atoms with Gasteiger partial charge in [0.05, 0.1) is 10.6 Å². The molecule has 0 bridgehead atoms. The van der Waals surface area contributed by atoms with Gasteiger partial charge in [-0.2, -0.15) is 0 Å². The van der Waals surface area contributed by atoms with Gasteiger partial charge in [0.15, 0.2) is 0 Å². The topological polar surface area (TPSA) is 46.2 Å². The number of hydrogen-bond acceptors (Lipinski definition) is 2. The lowest BCUT2D eigenvalue weighted by molar-refractivity contribution is 0.595. The summed E-state index contributed by atoms with van der Waals surface area (Å²) in [4.78, 5) is -0.152. The summed E-state index contributed by atoms with van der Waals surface area (Å²) in [5, 5.41) is 0.435. The number of rotatable bonds is 3. The number of halogens is 3. The number of benzene rings is 2. The first-order valence-corrected chi connectivity index (χ1v) is 8.19. The van der Waals surface area contributed by atoms with E-state index in [-0.39, 0.29) is 4.90 Å². The Morgan fingerprint density at radius 2 is 1.95 bits per heavy atom. The van der Waals surface area contributed by atoms with Gasteiger partial charge in [-0.1, -0.05) is 17.7 Å². The number of sulfonamides is 1. The number of nitrogens with one attached hydrogen (secondary N) is 1. The molecule has 1 N–H and O–H groups in total. The predicted molar refractivity (Wildman–Crippen MR) is 81.1 cm³/mol. The molecule has 0 atom stereocenters. The average Bonchev–Trinajstić information content (AvgIpc) is 2.36. The van der Waals surface area contributed by atoms with Gasteiger partial charge < -0.3 is 0 Å². The van der Waals surface area contributed by atoms with E-state index in [1.165, 1.54) is 24.3 Å². The van der Waals surface area contributed by atoms with E-state index < -0.39 is 15.8 Å². The lowest BCUT2D eigenvalue weighted by atomic mass is 10.2. The Morgan fingerprint density at radius 3 is 2.60 bits per heavy atom. The molecule has 2 aromatic rings. The molecule has 0 aliphatic rings. The summed E-state index contributed by atoms with van der Waals surface area (Å²) in [7, 11) is -3.87. The van der Waals surface area contributed by atoms with Crippen molar-refractivity contribution in [2.24, 2.45) is 0 Å². The molecule has 3 nitrogen and oxygen atoms in total. The fraction of sp³-hybridized carbons (Fsp3) is 0.0769. The molecular formula is C13H10BrClFNO2S. The van der Waals surface area contributed by atoms with E-state index in [0.717, 1.165) is 11.6 Å². The van der Waals surface area contributed by atoms with Crippen molar-refractivity contribution in [1.29, 1.82) is 0 Å². The Bertz CT molecular complexity index is 765. The summed E-state index contributed by atoms with van der Waals surface area (Å²) in [6.45, 7) is 1.80. The van der Waals surface area contributed by atoms with Gasteiger partial charge in [0, 0.05) is 9.50 Å². The summed E-state index contributed by atoms with van der Waals surface area (Å²) in [5.74, 6) is -0.617. The van der Waals surface area contributed by atoms with Crippen LogP contribution in [0, 0.1) is 12.7 Å². The molecule has 0 saturated heterocycles. The van der Waals surface area contributed by atoms with Crippen LogP contribution in [0.15, 0.2) is 45.8 Å². The maximum atomic E-state index is 13.1. The highest BCUT2D eigenvalue weighted by molar-refractivity contribution is 9.10. The van der Waals surface area contributed by atoms with Crippen LogP contribution in [0.25, 0.3) is 0 Å². The highest BCUT2D eigenvalue weighted by atomic mass is 79.9. The molecule has 0 aliphatic carbocycles. The van der Waals surface area contributed by atoms with E-state index in [2.05, 4.69) is 20.7 Å². The molecule has 2 aromatic carbocycles. The van der Waals surface area contributed by atoms with Gasteiger partial charge in [0.1, 0.15) is 5.82 Å². The first kappa shape index (κ1) is 15.3. The third-order valence-corrected chi connectivity index (χ3v) is 5.03. The molecule has 0 fully saturated rings. The quantitative estimate of drug-likeness (QED) is 0.863. The van der Waals surface area contributed by atoms with E-state index in [0.29, 0.717) is 15.2 Å². The first-order chi connectivity index (χ1) is 9.29. The molecule has 0 spiro atoms. The lowest BCUT2D eigenvalue weighted by Gasteiger charge is -2.11. The van der Waals surface area contributed by atoms with E-state index in [9.17, 15) is 12.8 Å². The van der Waals surface area contributed by atoms with Gasteiger partial charge in [-0.3, -0.25) is 4.72 Å². The van der Waals surface area contributed by atoms with Crippen LogP contribution in [0.1, 0.15) is 5.56 Å². The van der Waals surface area contributed by atoms with E-state index >= 15 is 0 Å². The minimum atomic E-state index is -3.87. The monoisotopic (exact) mass is 377 g/mol. The highest BCUT2D eigenvalue weighted by Gasteiger charge is 2.17. The normalized spacial score (nSPS) is 11.4. The van der Waals surface area contributed by atoms with Crippen molar-refractivity contribution in [1.82, 2.24) is 0 Å². The molecule has 0 heterocycles. The molecule has 0 amide bonds. The third kappa shape index (κ3) is 3.31. The Kier molecular flexibility index (Phi) is 4.36. The van der Waals surface area contributed by atoms with Crippen LogP contribution in [0.4, 0.5) is 10.1 Å². The molecule has 0 unspecified atom stereocenters. The van der Waals surface area contributed by atoms with Crippen molar-refractivity contribution in [3.05, 3.63) is 57.3 Å². The predicted octanol–water partition coefficient (Wildman–Crippen LogP) is 4.35. The molecule has 20 heavy (non-hydrogen) atoms. The van der Waals surface area contributed by atoms with E-state index in [4.69, 9.17) is 11.6 Å². The second kappa shape index (κ2) is 5.71. The van der Waals surface area contributed by atoms with Gasteiger partial charge in [-0.25, -0.2) is 12.8 Å². The van der Waals surface area contributed by atoms with Crippen LogP contribution >= 0.6 is 27.5 Å². The molecule has 7 heteroatoms. The minimum absolute atomic E-state index is 0.152. The number of anilines is 1. The summed E-state index contributed by atoms with van der Waals surface area (Å²) in [6.07, 6.45) is 0. The van der Waals surface area contributed by atoms with Gasteiger partial charge >= 0.3 is 0 Å². The van der Waals surface area contributed by atoms with Gasteiger partial charge in [-0.15, -0.1) is 0 Å². The van der Waals surface area contributed by atoms with Gasteiger partial charge in [-0.05, 0) is 58.7 Å². The summed E-state index contributed by atoms with van der Waals surface area (Å²) >= 11 is 9.23. The molecule has 2 rings (SSSR count). The second-order valence-electron chi connectivity index (χ2n) is 4.14. The van der Waals surface area contributed by atoms with Crippen molar-refractivity contribution < 1.29 is 12.8 Å². The SMILES string of the molecule is Cc1cc(Br)c(NS(=O)(=O)c2cccc(F)c2)cc1Cl. The van der Waals surface area contributed by atoms with Crippen molar-refractivity contribution >= 4 is 43.2 Å². The van der Waals surface area contributed by atoms with Crippen molar-refractivity contribution in [3.63, 3.8) is 0 Å². The fourth-order valence-corrected chi connectivity index (χ4v) is 3.52. The average molecular weight is 379 g/mol. The minimum Gasteiger partial charge on any atom is -0.278 e. The Balaban J connectivity index is 2.41. The second-order valence-corrected chi connectivity index (χ2v) is 7.09. The van der Waals surface area contributed by atoms with Crippen LogP contribution in [-0.4, -0.2) is 8.42 Å². The molecule has 106 valence electrons. The summed E-state index contributed by atoms with van der Waals surface area (Å²) < 4.78 is 40.4. The van der Waals surface area contributed by atoms with E-state index in [1.807, 2.05) is 0 Å². The third-order valence-electron chi connectivity index (χ3n) is 2.60. The summed E-state index contributed by atoms with van der Waals surface area (Å²) in [5.41, 5.74) is 1.11. The van der Waals surface area contributed by atoms with Crippen molar-refractivity contribution in [2.75, 3.05) is 4.72 Å². The number of hydrogen-bond donors (Lipinski definition) is 1. The Morgan fingerprint density at radius 1 is 1.25 bits per heavy atom. The van der Waals surface area contributed by atoms with Crippen LogP contribution in [0.2, 0.25) is 5.02 Å². The smallest absolute Gasteiger partial charge is 0.262 e. The zero-order valence-corrected chi connectivity index (χ0v) is 13.5. The molecule has 0 aromatic heterocycles. The standard InChI is InChI=1S/C13H10BrClFNO2S/c1-8-5-11(14)13(7-12(8)15)17-20(18,19)10-4-2-3-9(16)6-10/h2-7,17H,1H3. The van der Waals surface area contributed by atoms with Crippen molar-refractivity contribution in [2.45, 2.75) is 11.8 Å². The maximum absolute atomic E-state index is 13.1. The van der Waals surface area contributed by atoms with Crippen LogP contribution in [-0.2, 0) is 10.0 Å². The van der Waals surface area contributed by atoms with Crippen molar-refractivity contribution in [3.8, 4) is 0 Å². The Hall–Kier alpha value is -1.11. The van der Waals surface area contributed by atoms with E-state index in [1.54, 1.807) is 13.0 Å². The largest absolute Gasteiger partial charge is 0.278 e. The Labute approximate surface area is 130 Å². The maximum Gasteiger partial charge on any atom is 0.262 e. The van der Waals surface area contributed by atoms with Crippen LogP contribution < -0.4 is 4.72 Å². The molecule has 0 saturated carbocycles. The highest BCUT2D eigenvalue weighted by Crippen LogP contribution is 2.30.